The lowest BCUT2D eigenvalue weighted by Gasteiger charge is -2.34. The van der Waals surface area contributed by atoms with Crippen LogP contribution in [0.3, 0.4) is 0 Å². The fraction of sp³-hybridized carbons (Fsp3) is 0.444. The Balaban J connectivity index is 1.75. The standard InChI is InChI=1S/C27H32ClF3N6O3/c1-4-35-7-9-36(10-8-35)14-17-5-6-18(11-21(17)28)37-24(20-12-19(16(2)3)22(38)13-23(20)39)33-34-25(37)26(40)32-15-27(29,30)31/h5-6,11-13,16,38-39H,4,7-10,14-15H2,1-3H3,(H,32,40). The maximum absolute atomic E-state index is 12.8. The molecule has 1 aliphatic rings. The van der Waals surface area contributed by atoms with Gasteiger partial charge < -0.3 is 20.4 Å². The molecule has 0 radical (unpaired) electrons. The number of amides is 1. The van der Waals surface area contributed by atoms with Crippen LogP contribution in [-0.2, 0) is 6.54 Å². The van der Waals surface area contributed by atoms with Crippen LogP contribution in [0.1, 0.15) is 48.4 Å². The lowest BCUT2D eigenvalue weighted by molar-refractivity contribution is -0.123. The van der Waals surface area contributed by atoms with E-state index in [2.05, 4.69) is 26.9 Å². The largest absolute Gasteiger partial charge is 0.508 e. The molecule has 1 aromatic heterocycles. The molecule has 9 nitrogen and oxygen atoms in total. The van der Waals surface area contributed by atoms with E-state index in [0.29, 0.717) is 22.8 Å². The highest BCUT2D eigenvalue weighted by Crippen LogP contribution is 2.38. The van der Waals surface area contributed by atoms with Crippen LogP contribution in [0.4, 0.5) is 13.2 Å². The molecular weight excluding hydrogens is 549 g/mol. The Labute approximate surface area is 235 Å². The van der Waals surface area contributed by atoms with E-state index in [-0.39, 0.29) is 28.8 Å². The smallest absolute Gasteiger partial charge is 0.405 e. The third-order valence-corrected chi connectivity index (χ3v) is 7.28. The number of rotatable bonds is 8. The molecule has 2 aromatic carbocycles. The fourth-order valence-electron chi connectivity index (χ4n) is 4.65. The molecule has 0 spiro atoms. The fourth-order valence-corrected chi connectivity index (χ4v) is 4.89. The van der Waals surface area contributed by atoms with Gasteiger partial charge in [-0.15, -0.1) is 10.2 Å². The van der Waals surface area contributed by atoms with Crippen LogP contribution in [0, 0.1) is 0 Å². The van der Waals surface area contributed by atoms with Gasteiger partial charge in [0.2, 0.25) is 5.82 Å². The van der Waals surface area contributed by atoms with Crippen LogP contribution in [0.2, 0.25) is 5.02 Å². The topological polar surface area (TPSA) is 107 Å². The molecule has 3 N–H and O–H groups in total. The zero-order chi connectivity index (χ0) is 29.2. The molecule has 0 atom stereocenters. The maximum Gasteiger partial charge on any atom is 0.405 e. The number of aromatic nitrogens is 3. The number of nitrogens with one attached hydrogen (secondary N) is 1. The average Bonchev–Trinajstić information content (AvgIpc) is 3.33. The monoisotopic (exact) mass is 580 g/mol. The molecule has 4 rings (SSSR count). The van der Waals surface area contributed by atoms with Gasteiger partial charge in [0.25, 0.3) is 5.91 Å². The summed E-state index contributed by atoms with van der Waals surface area (Å²) >= 11 is 6.67. The van der Waals surface area contributed by atoms with Crippen LogP contribution in [-0.4, -0.2) is 86.1 Å². The van der Waals surface area contributed by atoms with Crippen LogP contribution < -0.4 is 5.32 Å². The summed E-state index contributed by atoms with van der Waals surface area (Å²) < 4.78 is 39.7. The molecule has 40 heavy (non-hydrogen) atoms. The molecule has 1 aliphatic heterocycles. The molecule has 2 heterocycles. The first kappa shape index (κ1) is 29.6. The predicted octanol–water partition coefficient (Wildman–Crippen LogP) is 4.55. The normalized spacial score (nSPS) is 15.1. The van der Waals surface area contributed by atoms with E-state index in [1.165, 1.54) is 10.6 Å². The zero-order valence-corrected chi connectivity index (χ0v) is 23.2. The number of aromatic hydroxyl groups is 2. The Morgan fingerprint density at radius 2 is 1.73 bits per heavy atom. The van der Waals surface area contributed by atoms with Crippen LogP contribution >= 0.6 is 11.6 Å². The number of hydrogen-bond donors (Lipinski definition) is 3. The number of phenolic OH excluding ortho intramolecular Hbond substituents is 2. The first-order chi connectivity index (χ1) is 18.9. The van der Waals surface area contributed by atoms with Gasteiger partial charge in [-0.2, -0.15) is 13.2 Å². The predicted molar refractivity (Wildman–Crippen MR) is 145 cm³/mol. The third-order valence-electron chi connectivity index (χ3n) is 6.92. The number of hydrogen-bond acceptors (Lipinski definition) is 7. The van der Waals surface area contributed by atoms with Gasteiger partial charge in [-0.1, -0.05) is 38.4 Å². The van der Waals surface area contributed by atoms with E-state index in [0.717, 1.165) is 44.4 Å². The Morgan fingerprint density at radius 3 is 2.33 bits per heavy atom. The van der Waals surface area contributed by atoms with Crippen molar-refractivity contribution >= 4 is 17.5 Å². The average molecular weight is 581 g/mol. The van der Waals surface area contributed by atoms with E-state index < -0.39 is 24.5 Å². The first-order valence-corrected chi connectivity index (χ1v) is 13.4. The van der Waals surface area contributed by atoms with Gasteiger partial charge in [-0.05, 0) is 41.8 Å². The summed E-state index contributed by atoms with van der Waals surface area (Å²) in [6, 6.07) is 7.73. The quantitative estimate of drug-likeness (QED) is 0.359. The second-order valence-electron chi connectivity index (χ2n) is 10.0. The van der Waals surface area contributed by atoms with Crippen molar-refractivity contribution in [2.24, 2.45) is 0 Å². The minimum atomic E-state index is -4.63. The molecular formula is C27H32ClF3N6O3. The van der Waals surface area contributed by atoms with Crippen molar-refractivity contribution < 1.29 is 28.2 Å². The Hall–Kier alpha value is -3.35. The number of alkyl halides is 3. The number of carbonyl (C=O) groups is 1. The van der Waals surface area contributed by atoms with Gasteiger partial charge in [0, 0.05) is 43.8 Å². The number of halogens is 4. The second-order valence-corrected chi connectivity index (χ2v) is 10.5. The minimum Gasteiger partial charge on any atom is -0.508 e. The molecule has 0 saturated carbocycles. The van der Waals surface area contributed by atoms with E-state index in [1.54, 1.807) is 18.2 Å². The summed E-state index contributed by atoms with van der Waals surface area (Å²) in [6.45, 7) is 9.58. The van der Waals surface area contributed by atoms with Crippen LogP contribution in [0.5, 0.6) is 11.5 Å². The summed E-state index contributed by atoms with van der Waals surface area (Å²) in [4.78, 5) is 17.5. The van der Waals surface area contributed by atoms with Gasteiger partial charge in [0.15, 0.2) is 5.82 Å². The summed E-state index contributed by atoms with van der Waals surface area (Å²) in [5.41, 5.74) is 1.81. The summed E-state index contributed by atoms with van der Waals surface area (Å²) in [7, 11) is 0. The Kier molecular flexibility index (Phi) is 8.91. The van der Waals surface area contributed by atoms with E-state index in [1.807, 2.05) is 19.2 Å². The van der Waals surface area contributed by atoms with Crippen molar-refractivity contribution in [2.45, 2.75) is 39.4 Å². The lowest BCUT2D eigenvalue weighted by Crippen LogP contribution is -2.45. The third kappa shape index (κ3) is 6.68. The van der Waals surface area contributed by atoms with E-state index >= 15 is 0 Å². The number of likely N-dealkylation sites (N-methyl/N-ethyl adjacent to an activating group) is 1. The van der Waals surface area contributed by atoms with Crippen molar-refractivity contribution in [1.29, 1.82) is 0 Å². The molecule has 216 valence electrons. The Bertz CT molecular complexity index is 1370. The molecule has 1 fully saturated rings. The minimum absolute atomic E-state index is 0.00365. The van der Waals surface area contributed by atoms with E-state index in [4.69, 9.17) is 11.6 Å². The van der Waals surface area contributed by atoms with E-state index in [9.17, 15) is 28.2 Å². The molecule has 1 saturated heterocycles. The van der Waals surface area contributed by atoms with Crippen molar-refractivity contribution in [2.75, 3.05) is 39.3 Å². The summed E-state index contributed by atoms with van der Waals surface area (Å²) in [5, 5.41) is 31.1. The molecule has 0 bridgehead atoms. The number of nitrogens with zero attached hydrogens (tertiary/aromatic N) is 5. The van der Waals surface area contributed by atoms with Crippen molar-refractivity contribution in [1.82, 2.24) is 29.9 Å². The summed E-state index contributed by atoms with van der Waals surface area (Å²) in [5.74, 6) is -2.12. The van der Waals surface area contributed by atoms with Gasteiger partial charge in [0.1, 0.15) is 18.0 Å². The van der Waals surface area contributed by atoms with Gasteiger partial charge in [0.05, 0.1) is 11.3 Å². The molecule has 13 heteroatoms. The van der Waals surface area contributed by atoms with Gasteiger partial charge in [-0.3, -0.25) is 14.3 Å². The number of benzene rings is 2. The van der Waals surface area contributed by atoms with Crippen molar-refractivity contribution in [3.8, 4) is 28.6 Å². The van der Waals surface area contributed by atoms with Gasteiger partial charge >= 0.3 is 6.18 Å². The highest BCUT2D eigenvalue weighted by atomic mass is 35.5. The molecule has 0 unspecified atom stereocenters. The van der Waals surface area contributed by atoms with Crippen molar-refractivity contribution in [3.05, 3.63) is 52.3 Å². The highest BCUT2D eigenvalue weighted by Gasteiger charge is 2.30. The first-order valence-electron chi connectivity index (χ1n) is 13.0. The molecule has 1 amide bonds. The van der Waals surface area contributed by atoms with Crippen LogP contribution in [0.25, 0.3) is 17.1 Å². The second kappa shape index (κ2) is 12.0. The lowest BCUT2D eigenvalue weighted by atomic mass is 9.98. The number of piperazine rings is 1. The maximum atomic E-state index is 12.8. The van der Waals surface area contributed by atoms with Crippen molar-refractivity contribution in [3.63, 3.8) is 0 Å². The molecule has 3 aromatic rings. The SMILES string of the molecule is CCN1CCN(Cc2ccc(-n3c(C(=O)NCC(F)(F)F)nnc3-c3cc(C(C)C)c(O)cc3O)cc2Cl)CC1. The molecule has 0 aliphatic carbocycles. The summed E-state index contributed by atoms with van der Waals surface area (Å²) in [6.07, 6.45) is -4.63. The highest BCUT2D eigenvalue weighted by molar-refractivity contribution is 6.31. The zero-order valence-electron chi connectivity index (χ0n) is 22.5. The van der Waals surface area contributed by atoms with Crippen LogP contribution in [0.15, 0.2) is 30.3 Å². The number of phenols is 2. The van der Waals surface area contributed by atoms with Gasteiger partial charge in [-0.25, -0.2) is 0 Å². The number of carbonyl (C=O) groups excluding carboxylic acids is 1. The Morgan fingerprint density at radius 1 is 1.05 bits per heavy atom.